The normalized spacial score (nSPS) is 11.3. The molecule has 0 spiro atoms. The second-order valence-corrected chi connectivity index (χ2v) is 11.2. The third-order valence-electron chi connectivity index (χ3n) is 5.00. The maximum atomic E-state index is 11.3. The van der Waals surface area contributed by atoms with Gasteiger partial charge in [-0.15, -0.1) is 11.3 Å². The van der Waals surface area contributed by atoms with Gasteiger partial charge in [0.05, 0.1) is 11.3 Å². The number of aromatic nitrogens is 2. The van der Waals surface area contributed by atoms with E-state index in [1.165, 1.54) is 48.8 Å². The molecule has 0 aliphatic carbocycles. The molecule has 37 heavy (non-hydrogen) atoms. The van der Waals surface area contributed by atoms with E-state index < -0.39 is 22.9 Å². The molecular formula is C24H31F3N4O4S2. The maximum absolute atomic E-state index is 11.3. The van der Waals surface area contributed by atoms with Crippen LogP contribution in [0.15, 0.2) is 28.0 Å². The number of carboxylic acids is 2. The lowest BCUT2D eigenvalue weighted by atomic mass is 10.1. The molecule has 0 aliphatic rings. The fourth-order valence-corrected chi connectivity index (χ4v) is 5.07. The zero-order chi connectivity index (χ0) is 28.1. The number of carboxylic acid groups (broad SMARTS) is 2. The molecule has 0 saturated heterocycles. The van der Waals surface area contributed by atoms with Gasteiger partial charge in [0, 0.05) is 31.1 Å². The summed E-state index contributed by atoms with van der Waals surface area (Å²) in [6, 6.07) is 5.82. The molecule has 0 amide bonds. The van der Waals surface area contributed by atoms with Gasteiger partial charge in [0.15, 0.2) is 4.34 Å². The Bertz CT molecular complexity index is 1040. The number of unbranched alkanes of at least 4 members (excludes halogenated alkanes) is 4. The minimum Gasteiger partial charge on any atom is -0.480 e. The lowest BCUT2D eigenvalue weighted by Crippen LogP contribution is -2.28. The first-order chi connectivity index (χ1) is 17.3. The van der Waals surface area contributed by atoms with E-state index in [1.807, 2.05) is 11.4 Å². The third kappa shape index (κ3) is 12.3. The molecule has 8 nitrogen and oxygen atoms in total. The number of nitriles is 1. The van der Waals surface area contributed by atoms with E-state index in [-0.39, 0.29) is 0 Å². The third-order valence-corrected chi connectivity index (χ3v) is 7.17. The Labute approximate surface area is 222 Å². The van der Waals surface area contributed by atoms with Crippen molar-refractivity contribution in [3.8, 4) is 6.07 Å². The molecule has 0 saturated carbocycles. The van der Waals surface area contributed by atoms with Crippen molar-refractivity contribution in [1.29, 1.82) is 5.26 Å². The lowest BCUT2D eigenvalue weighted by molar-refractivity contribution is -0.192. The molecule has 2 aromatic rings. The summed E-state index contributed by atoms with van der Waals surface area (Å²) in [5, 5.41) is 27.4. The van der Waals surface area contributed by atoms with Crippen molar-refractivity contribution in [1.82, 2.24) is 9.97 Å². The van der Waals surface area contributed by atoms with Crippen LogP contribution in [0.4, 0.5) is 19.0 Å². The molecule has 0 aliphatic heterocycles. The Kier molecular flexibility index (Phi) is 13.4. The second-order valence-electron chi connectivity index (χ2n) is 8.49. The monoisotopic (exact) mass is 560 g/mol. The average molecular weight is 561 g/mol. The van der Waals surface area contributed by atoms with Crippen LogP contribution in [0.3, 0.4) is 0 Å². The van der Waals surface area contributed by atoms with Crippen molar-refractivity contribution < 1.29 is 33.0 Å². The van der Waals surface area contributed by atoms with Gasteiger partial charge >= 0.3 is 18.1 Å². The van der Waals surface area contributed by atoms with Gasteiger partial charge in [0.25, 0.3) is 0 Å². The molecular weight excluding hydrogens is 529 g/mol. The molecule has 0 aromatic carbocycles. The van der Waals surface area contributed by atoms with Crippen molar-refractivity contribution in [2.45, 2.75) is 74.6 Å². The van der Waals surface area contributed by atoms with Crippen molar-refractivity contribution >= 4 is 40.9 Å². The van der Waals surface area contributed by atoms with E-state index in [0.717, 1.165) is 41.8 Å². The van der Waals surface area contributed by atoms with E-state index in [2.05, 4.69) is 27.9 Å². The number of alkyl halides is 3. The van der Waals surface area contributed by atoms with E-state index >= 15 is 0 Å². The molecule has 2 N–H and O–H groups in total. The summed E-state index contributed by atoms with van der Waals surface area (Å²) in [5.41, 5.74) is 1.53. The zero-order valence-corrected chi connectivity index (χ0v) is 22.5. The summed E-state index contributed by atoms with van der Waals surface area (Å²) in [6.07, 6.45) is 3.34. The topological polar surface area (TPSA) is 127 Å². The van der Waals surface area contributed by atoms with E-state index in [0.29, 0.717) is 5.56 Å². The van der Waals surface area contributed by atoms with E-state index in [4.69, 9.17) is 15.2 Å². The van der Waals surface area contributed by atoms with Crippen LogP contribution in [0.25, 0.3) is 0 Å². The number of thioether (sulfide) groups is 1. The van der Waals surface area contributed by atoms with Crippen LogP contribution < -0.4 is 4.90 Å². The molecule has 2 heterocycles. The van der Waals surface area contributed by atoms with Gasteiger partial charge in [0.1, 0.15) is 16.6 Å². The number of halogens is 3. The van der Waals surface area contributed by atoms with E-state index in [9.17, 15) is 23.1 Å². The molecule has 0 fully saturated rings. The predicted octanol–water partition coefficient (Wildman–Crippen LogP) is 6.02. The average Bonchev–Trinajstić information content (AvgIpc) is 3.27. The fourth-order valence-electron chi connectivity index (χ4n) is 2.85. The van der Waals surface area contributed by atoms with Gasteiger partial charge in [0.2, 0.25) is 0 Å². The molecule has 0 atom stereocenters. The first kappa shape index (κ1) is 32.2. The Hall–Kier alpha value is -2.85. The Balaban J connectivity index is 0.000000856. The second kappa shape index (κ2) is 15.4. The summed E-state index contributed by atoms with van der Waals surface area (Å²) >= 11 is 2.77. The number of anilines is 1. The highest BCUT2D eigenvalue weighted by atomic mass is 32.2. The van der Waals surface area contributed by atoms with E-state index in [1.54, 1.807) is 26.1 Å². The summed E-state index contributed by atoms with van der Waals surface area (Å²) in [6.45, 7) is 7.30. The number of aliphatic carboxylic acids is 2. The molecule has 0 radical (unpaired) electrons. The zero-order valence-electron chi connectivity index (χ0n) is 20.9. The summed E-state index contributed by atoms with van der Waals surface area (Å²) in [5.74, 6) is -2.72. The number of pyridine rings is 1. The number of nitrogens with zero attached hydrogens (tertiary/aromatic N) is 4. The van der Waals surface area contributed by atoms with Crippen molar-refractivity contribution in [2.75, 3.05) is 18.0 Å². The quantitative estimate of drug-likeness (QED) is 0.223. The molecule has 204 valence electrons. The first-order valence-corrected chi connectivity index (χ1v) is 13.3. The van der Waals surface area contributed by atoms with Crippen LogP contribution in [0.5, 0.6) is 0 Å². The molecule has 2 rings (SSSR count). The largest absolute Gasteiger partial charge is 0.490 e. The van der Waals surface area contributed by atoms with Crippen molar-refractivity contribution in [3.63, 3.8) is 0 Å². The van der Waals surface area contributed by atoms with Crippen LogP contribution in [0.2, 0.25) is 0 Å². The summed E-state index contributed by atoms with van der Waals surface area (Å²) < 4.78 is 31.6. The van der Waals surface area contributed by atoms with Gasteiger partial charge in [-0.25, -0.2) is 14.8 Å². The minimum atomic E-state index is -5.08. The smallest absolute Gasteiger partial charge is 0.480 e. The fraction of sp³-hybridized carbons (Fsp3) is 0.542. The van der Waals surface area contributed by atoms with Crippen LogP contribution in [-0.2, 0) is 16.0 Å². The number of hydrogen-bond acceptors (Lipinski definition) is 8. The number of thiazole rings is 1. The Morgan fingerprint density at radius 1 is 1.11 bits per heavy atom. The Morgan fingerprint density at radius 2 is 1.76 bits per heavy atom. The van der Waals surface area contributed by atoms with Gasteiger partial charge < -0.3 is 15.1 Å². The molecule has 0 unspecified atom stereocenters. The minimum absolute atomic E-state index is 0.559. The summed E-state index contributed by atoms with van der Waals surface area (Å²) in [7, 11) is 0. The van der Waals surface area contributed by atoms with Gasteiger partial charge in [-0.3, -0.25) is 4.79 Å². The first-order valence-electron chi connectivity index (χ1n) is 11.6. The lowest BCUT2D eigenvalue weighted by Gasteiger charge is -2.23. The highest BCUT2D eigenvalue weighted by Crippen LogP contribution is 2.34. The molecule has 13 heteroatoms. The van der Waals surface area contributed by atoms with Gasteiger partial charge in [-0.1, -0.05) is 44.4 Å². The molecule has 0 bridgehead atoms. The predicted molar refractivity (Wildman–Crippen MR) is 137 cm³/mol. The summed E-state index contributed by atoms with van der Waals surface area (Å²) in [4.78, 5) is 31.6. The van der Waals surface area contributed by atoms with Crippen molar-refractivity contribution in [2.24, 2.45) is 0 Å². The van der Waals surface area contributed by atoms with Crippen LogP contribution in [0, 0.1) is 11.3 Å². The highest BCUT2D eigenvalue weighted by Gasteiger charge is 2.38. The van der Waals surface area contributed by atoms with Gasteiger partial charge in [-0.2, -0.15) is 18.4 Å². The Morgan fingerprint density at radius 3 is 2.27 bits per heavy atom. The van der Waals surface area contributed by atoms with Crippen molar-refractivity contribution in [3.05, 3.63) is 35.0 Å². The number of carbonyl (C=O) groups is 2. The van der Waals surface area contributed by atoms with Gasteiger partial charge in [-0.05, 0) is 32.4 Å². The van der Waals surface area contributed by atoms with Crippen LogP contribution in [0.1, 0.15) is 64.1 Å². The highest BCUT2D eigenvalue weighted by molar-refractivity contribution is 8.03. The van der Waals surface area contributed by atoms with Crippen LogP contribution >= 0.6 is 23.1 Å². The number of hydrogen-bond donors (Lipinski definition) is 2. The number of rotatable bonds is 13. The molecule has 2 aromatic heterocycles. The maximum Gasteiger partial charge on any atom is 0.490 e. The van der Waals surface area contributed by atoms with Crippen LogP contribution in [-0.4, -0.2) is 56.1 Å². The SMILES string of the molecule is CCCCCCCN(CCc1csc(SC(C)(C)C(=O)O)n1)c1ccc(C#N)cn1.O=C(O)C(F)(F)F. The standard InChI is InChI=1S/C22H30N4O2S2.C2HF3O2/c1-4-5-6-7-8-12-26(19-10-9-17(14-23)15-24-19)13-11-18-16-29-21(25-18)30-22(2,3)20(27)28;3-2(4,5)1(6)7/h9-10,15-16H,4-8,11-13H2,1-3H3,(H,27,28);(H,6,7).